The van der Waals surface area contributed by atoms with Gasteiger partial charge in [-0.1, -0.05) is 60.7 Å². The molecular formula is C29H34N2O6. The van der Waals surface area contributed by atoms with Gasteiger partial charge in [-0.05, 0) is 43.2 Å². The fraction of sp³-hybridized carbons (Fsp3) is 0.448. The summed E-state index contributed by atoms with van der Waals surface area (Å²) in [6.45, 7) is 1.38. The number of amides is 2. The first kappa shape index (κ1) is 26.4. The maximum absolute atomic E-state index is 12.8. The van der Waals surface area contributed by atoms with Gasteiger partial charge in [0.1, 0.15) is 25.3 Å². The molecule has 2 amide bonds. The van der Waals surface area contributed by atoms with Crippen molar-refractivity contribution in [2.45, 2.75) is 70.2 Å². The zero-order chi connectivity index (χ0) is 26.0. The third-order valence-electron chi connectivity index (χ3n) is 6.92. The SMILES string of the molecule is O=C(OCc1ccccc1)[C@H]1CCCN1C(=O)CCCC(=O)N1CCC[C@@H]1C(=O)OCc1ccccc1. The van der Waals surface area contributed by atoms with Crippen molar-refractivity contribution < 1.29 is 28.7 Å². The molecule has 0 aromatic heterocycles. The molecule has 2 atom stereocenters. The van der Waals surface area contributed by atoms with Crippen molar-refractivity contribution >= 4 is 23.8 Å². The number of likely N-dealkylation sites (tertiary alicyclic amines) is 2. The molecule has 0 radical (unpaired) electrons. The summed E-state index contributed by atoms with van der Waals surface area (Å²) in [5.74, 6) is -1.07. The molecule has 0 saturated carbocycles. The number of rotatable bonds is 10. The van der Waals surface area contributed by atoms with Gasteiger partial charge in [-0.25, -0.2) is 9.59 Å². The molecule has 37 heavy (non-hydrogen) atoms. The van der Waals surface area contributed by atoms with Gasteiger partial charge in [0.05, 0.1) is 0 Å². The van der Waals surface area contributed by atoms with Gasteiger partial charge >= 0.3 is 11.9 Å². The Labute approximate surface area is 217 Å². The topological polar surface area (TPSA) is 93.2 Å². The zero-order valence-corrected chi connectivity index (χ0v) is 21.1. The van der Waals surface area contributed by atoms with E-state index in [1.54, 1.807) is 9.80 Å². The Balaban J connectivity index is 1.20. The van der Waals surface area contributed by atoms with Crippen LogP contribution < -0.4 is 0 Å². The molecular weight excluding hydrogens is 472 g/mol. The lowest BCUT2D eigenvalue weighted by molar-refractivity contribution is -0.155. The predicted molar refractivity (Wildman–Crippen MR) is 136 cm³/mol. The molecule has 8 heteroatoms. The van der Waals surface area contributed by atoms with Crippen molar-refractivity contribution in [3.63, 3.8) is 0 Å². The van der Waals surface area contributed by atoms with Crippen LogP contribution in [0.1, 0.15) is 56.1 Å². The maximum atomic E-state index is 12.8. The molecule has 0 N–H and O–H groups in total. The van der Waals surface area contributed by atoms with Crippen molar-refractivity contribution in [1.29, 1.82) is 0 Å². The summed E-state index contributed by atoms with van der Waals surface area (Å²) in [7, 11) is 0. The predicted octanol–water partition coefficient (Wildman–Crippen LogP) is 3.63. The van der Waals surface area contributed by atoms with Gasteiger partial charge in [-0.15, -0.1) is 0 Å². The van der Waals surface area contributed by atoms with Gasteiger partial charge in [-0.2, -0.15) is 0 Å². The summed E-state index contributed by atoms with van der Waals surface area (Å²) in [6.07, 6.45) is 3.36. The fourth-order valence-corrected chi connectivity index (χ4v) is 4.95. The molecule has 4 rings (SSSR count). The molecule has 2 aliphatic heterocycles. The number of carbonyl (C=O) groups is 4. The number of ether oxygens (including phenoxy) is 2. The molecule has 0 bridgehead atoms. The maximum Gasteiger partial charge on any atom is 0.329 e. The van der Waals surface area contributed by atoms with Crippen molar-refractivity contribution in [1.82, 2.24) is 9.80 Å². The monoisotopic (exact) mass is 506 g/mol. The summed E-state index contributed by atoms with van der Waals surface area (Å²) in [5, 5.41) is 0. The highest BCUT2D eigenvalue weighted by Crippen LogP contribution is 2.23. The van der Waals surface area contributed by atoms with Gasteiger partial charge in [-0.3, -0.25) is 9.59 Å². The van der Waals surface area contributed by atoms with E-state index in [2.05, 4.69) is 0 Å². The lowest BCUT2D eigenvalue weighted by Gasteiger charge is -2.25. The summed E-state index contributed by atoms with van der Waals surface area (Å²) in [5.41, 5.74) is 1.80. The largest absolute Gasteiger partial charge is 0.459 e. The van der Waals surface area contributed by atoms with Gasteiger partial charge in [0, 0.05) is 25.9 Å². The van der Waals surface area contributed by atoms with Crippen molar-refractivity contribution in [2.75, 3.05) is 13.1 Å². The first-order valence-electron chi connectivity index (χ1n) is 13.0. The van der Waals surface area contributed by atoms with Crippen LogP contribution in [-0.4, -0.2) is 58.7 Å². The molecule has 0 unspecified atom stereocenters. The third kappa shape index (κ3) is 7.18. The molecule has 2 aliphatic rings. The van der Waals surface area contributed by atoms with E-state index in [0.29, 0.717) is 32.4 Å². The van der Waals surface area contributed by atoms with Crippen LogP contribution in [0.4, 0.5) is 0 Å². The summed E-state index contributed by atoms with van der Waals surface area (Å²) < 4.78 is 10.9. The highest BCUT2D eigenvalue weighted by molar-refractivity contribution is 5.87. The van der Waals surface area contributed by atoms with Crippen LogP contribution in [0.5, 0.6) is 0 Å². The number of hydrogen-bond acceptors (Lipinski definition) is 6. The first-order chi connectivity index (χ1) is 18.0. The smallest absolute Gasteiger partial charge is 0.329 e. The number of hydrogen-bond donors (Lipinski definition) is 0. The van der Waals surface area contributed by atoms with Crippen LogP contribution >= 0.6 is 0 Å². The molecule has 2 heterocycles. The first-order valence-corrected chi connectivity index (χ1v) is 13.0. The van der Waals surface area contributed by atoms with Crippen LogP contribution in [0.2, 0.25) is 0 Å². The number of benzene rings is 2. The van der Waals surface area contributed by atoms with Crippen LogP contribution in [0.25, 0.3) is 0 Å². The number of esters is 2. The second-order valence-corrected chi connectivity index (χ2v) is 9.53. The van der Waals surface area contributed by atoms with Gasteiger partial charge in [0.25, 0.3) is 0 Å². The van der Waals surface area contributed by atoms with E-state index in [4.69, 9.17) is 9.47 Å². The van der Waals surface area contributed by atoms with Crippen LogP contribution in [0.15, 0.2) is 60.7 Å². The lowest BCUT2D eigenvalue weighted by atomic mass is 10.1. The molecule has 2 fully saturated rings. The molecule has 2 aromatic rings. The van der Waals surface area contributed by atoms with Crippen molar-refractivity contribution in [3.05, 3.63) is 71.8 Å². The Morgan fingerprint density at radius 2 is 1.05 bits per heavy atom. The van der Waals surface area contributed by atoms with E-state index in [0.717, 1.165) is 24.0 Å². The highest BCUT2D eigenvalue weighted by Gasteiger charge is 2.36. The van der Waals surface area contributed by atoms with E-state index < -0.39 is 12.1 Å². The molecule has 196 valence electrons. The second-order valence-electron chi connectivity index (χ2n) is 9.53. The third-order valence-corrected chi connectivity index (χ3v) is 6.92. The lowest BCUT2D eigenvalue weighted by Crippen LogP contribution is -2.42. The average Bonchev–Trinajstić information content (AvgIpc) is 3.62. The minimum atomic E-state index is -0.575. The summed E-state index contributed by atoms with van der Waals surface area (Å²) >= 11 is 0. The van der Waals surface area contributed by atoms with Crippen LogP contribution in [0.3, 0.4) is 0 Å². The number of nitrogens with zero attached hydrogens (tertiary/aromatic N) is 2. The molecule has 2 aromatic carbocycles. The van der Waals surface area contributed by atoms with Gasteiger partial charge < -0.3 is 19.3 Å². The van der Waals surface area contributed by atoms with E-state index in [9.17, 15) is 19.2 Å². The Morgan fingerprint density at radius 1 is 0.649 bits per heavy atom. The highest BCUT2D eigenvalue weighted by atomic mass is 16.5. The normalized spacial score (nSPS) is 19.0. The van der Waals surface area contributed by atoms with Gasteiger partial charge in [0.15, 0.2) is 0 Å². The molecule has 0 spiro atoms. The Morgan fingerprint density at radius 3 is 1.46 bits per heavy atom. The summed E-state index contributed by atoms with van der Waals surface area (Å²) in [6, 6.07) is 17.7. The number of carbonyl (C=O) groups excluding carboxylic acids is 4. The van der Waals surface area contributed by atoms with Crippen molar-refractivity contribution in [3.8, 4) is 0 Å². The summed E-state index contributed by atoms with van der Waals surface area (Å²) in [4.78, 5) is 54.1. The Kier molecular flexibility index (Phi) is 9.29. The molecule has 0 aliphatic carbocycles. The standard InChI is InChI=1S/C29H34N2O6/c32-26(30-18-8-14-24(30)28(34)36-20-22-10-3-1-4-11-22)16-7-17-27(33)31-19-9-15-25(31)29(35)37-21-23-12-5-2-6-13-23/h1-6,10-13,24-25H,7-9,14-21H2/t24-,25-/m1/s1. The van der Waals surface area contributed by atoms with E-state index in [-0.39, 0.29) is 49.8 Å². The van der Waals surface area contributed by atoms with Crippen LogP contribution in [-0.2, 0) is 41.9 Å². The van der Waals surface area contributed by atoms with Crippen molar-refractivity contribution in [2.24, 2.45) is 0 Å². The van der Waals surface area contributed by atoms with Crippen LogP contribution in [0, 0.1) is 0 Å². The zero-order valence-electron chi connectivity index (χ0n) is 21.1. The minimum absolute atomic E-state index is 0.146. The Bertz CT molecular complexity index is 989. The molecule has 8 nitrogen and oxygen atoms in total. The quantitative estimate of drug-likeness (QED) is 0.457. The fourth-order valence-electron chi connectivity index (χ4n) is 4.95. The van der Waals surface area contributed by atoms with E-state index in [1.807, 2.05) is 60.7 Å². The van der Waals surface area contributed by atoms with E-state index >= 15 is 0 Å². The molecule has 2 saturated heterocycles. The van der Waals surface area contributed by atoms with Gasteiger partial charge in [0.2, 0.25) is 11.8 Å². The Hall–Kier alpha value is -3.68. The minimum Gasteiger partial charge on any atom is -0.459 e. The van der Waals surface area contributed by atoms with E-state index in [1.165, 1.54) is 0 Å². The second kappa shape index (κ2) is 13.0. The average molecular weight is 507 g/mol.